The standard InChI is InChI=1S/C22H15F3N4O2S/c23-22(24,25)4-3-18(30)19-6-14(11-32-19)16-9-27-29-10-15(8-26-21(16)29)12-1-2-13-7-20(31)28-17(13)5-12/h1-2,5-6,8-11H,3-4,7H2,(H,28,31). The minimum atomic E-state index is -4.36. The molecule has 1 aliphatic heterocycles. The highest BCUT2D eigenvalue weighted by Crippen LogP contribution is 2.32. The van der Waals surface area contributed by atoms with Crippen LogP contribution in [0, 0.1) is 0 Å². The van der Waals surface area contributed by atoms with E-state index in [2.05, 4.69) is 15.4 Å². The van der Waals surface area contributed by atoms with Gasteiger partial charge in [-0.15, -0.1) is 11.3 Å². The Balaban J connectivity index is 1.41. The summed E-state index contributed by atoms with van der Waals surface area (Å²) in [4.78, 5) is 28.5. The normalized spacial score (nSPS) is 13.4. The Bertz CT molecular complexity index is 1370. The van der Waals surface area contributed by atoms with E-state index in [-0.39, 0.29) is 10.8 Å². The molecule has 1 aliphatic rings. The highest BCUT2D eigenvalue weighted by atomic mass is 32.1. The number of halogens is 3. The number of benzene rings is 1. The fourth-order valence-corrected chi connectivity index (χ4v) is 4.50. The minimum Gasteiger partial charge on any atom is -0.326 e. The van der Waals surface area contributed by atoms with Gasteiger partial charge in [-0.25, -0.2) is 9.50 Å². The number of hydrogen-bond acceptors (Lipinski definition) is 5. The lowest BCUT2D eigenvalue weighted by Gasteiger charge is -2.05. The highest BCUT2D eigenvalue weighted by molar-refractivity contribution is 7.12. The summed E-state index contributed by atoms with van der Waals surface area (Å²) < 4.78 is 38.8. The van der Waals surface area contributed by atoms with Gasteiger partial charge in [0.1, 0.15) is 0 Å². The fourth-order valence-electron chi connectivity index (χ4n) is 3.62. The van der Waals surface area contributed by atoms with Crippen molar-refractivity contribution < 1.29 is 22.8 Å². The van der Waals surface area contributed by atoms with Crippen molar-refractivity contribution in [2.45, 2.75) is 25.4 Å². The summed E-state index contributed by atoms with van der Waals surface area (Å²) in [7, 11) is 0. The van der Waals surface area contributed by atoms with Crippen molar-refractivity contribution in [2.75, 3.05) is 5.32 Å². The number of alkyl halides is 3. The zero-order valence-corrected chi connectivity index (χ0v) is 17.3. The second-order valence-electron chi connectivity index (χ2n) is 7.50. The van der Waals surface area contributed by atoms with Crippen molar-refractivity contribution in [3.05, 3.63) is 58.7 Å². The van der Waals surface area contributed by atoms with Crippen LogP contribution in [0.2, 0.25) is 0 Å². The number of nitrogens with zero attached hydrogens (tertiary/aromatic N) is 3. The van der Waals surface area contributed by atoms with Crippen molar-refractivity contribution in [3.8, 4) is 22.3 Å². The first-order valence-electron chi connectivity index (χ1n) is 9.72. The fraction of sp³-hybridized carbons (Fsp3) is 0.182. The molecule has 4 aromatic rings. The third-order valence-electron chi connectivity index (χ3n) is 5.25. The Kier molecular flexibility index (Phi) is 4.81. The van der Waals surface area contributed by atoms with Crippen LogP contribution in [0.4, 0.5) is 18.9 Å². The van der Waals surface area contributed by atoms with E-state index in [1.54, 1.807) is 28.4 Å². The van der Waals surface area contributed by atoms with Crippen molar-refractivity contribution >= 4 is 34.4 Å². The van der Waals surface area contributed by atoms with Gasteiger partial charge in [0.25, 0.3) is 0 Å². The smallest absolute Gasteiger partial charge is 0.326 e. The molecule has 162 valence electrons. The lowest BCUT2D eigenvalue weighted by molar-refractivity contribution is -0.133. The molecule has 6 nitrogen and oxygen atoms in total. The summed E-state index contributed by atoms with van der Waals surface area (Å²) in [6, 6.07) is 7.30. The van der Waals surface area contributed by atoms with Crippen molar-refractivity contribution in [1.82, 2.24) is 14.6 Å². The molecular weight excluding hydrogens is 441 g/mol. The molecule has 0 saturated carbocycles. The van der Waals surface area contributed by atoms with Crippen LogP contribution in [0.1, 0.15) is 28.1 Å². The van der Waals surface area contributed by atoms with Crippen LogP contribution in [-0.4, -0.2) is 32.5 Å². The van der Waals surface area contributed by atoms with Gasteiger partial charge in [-0.2, -0.15) is 18.3 Å². The lowest BCUT2D eigenvalue weighted by atomic mass is 10.0. The molecule has 0 unspecified atom stereocenters. The molecule has 32 heavy (non-hydrogen) atoms. The van der Waals surface area contributed by atoms with Gasteiger partial charge in [-0.3, -0.25) is 9.59 Å². The number of anilines is 1. The zero-order chi connectivity index (χ0) is 22.5. The van der Waals surface area contributed by atoms with E-state index >= 15 is 0 Å². The third kappa shape index (κ3) is 3.89. The number of hydrogen-bond donors (Lipinski definition) is 1. The summed E-state index contributed by atoms with van der Waals surface area (Å²) in [5.74, 6) is -0.566. The van der Waals surface area contributed by atoms with Crippen molar-refractivity contribution in [1.29, 1.82) is 0 Å². The van der Waals surface area contributed by atoms with Crippen LogP contribution >= 0.6 is 11.3 Å². The molecule has 0 aliphatic carbocycles. The number of ketones is 1. The maximum atomic E-state index is 12.4. The first-order chi connectivity index (χ1) is 15.3. The molecule has 1 aromatic carbocycles. The predicted molar refractivity (Wildman–Crippen MR) is 114 cm³/mol. The number of Topliss-reactive ketones (excluding diaryl/α,β-unsaturated/α-hetero) is 1. The van der Waals surface area contributed by atoms with E-state index in [0.717, 1.165) is 33.7 Å². The molecule has 1 amide bonds. The van der Waals surface area contributed by atoms with Crippen LogP contribution in [-0.2, 0) is 11.2 Å². The average Bonchev–Trinajstić information content (AvgIpc) is 3.47. The van der Waals surface area contributed by atoms with Gasteiger partial charge < -0.3 is 5.32 Å². The number of carbonyl (C=O) groups is 2. The summed E-state index contributed by atoms with van der Waals surface area (Å²) in [5, 5.41) is 8.89. The Hall–Kier alpha value is -3.53. The number of carbonyl (C=O) groups excluding carboxylic acids is 2. The van der Waals surface area contributed by atoms with Crippen LogP contribution in [0.25, 0.3) is 27.9 Å². The van der Waals surface area contributed by atoms with E-state index in [4.69, 9.17) is 0 Å². The van der Waals surface area contributed by atoms with Gasteiger partial charge in [0.05, 0.1) is 23.9 Å². The molecule has 0 fully saturated rings. The first-order valence-corrected chi connectivity index (χ1v) is 10.6. The molecule has 1 N–H and O–H groups in total. The van der Waals surface area contributed by atoms with Gasteiger partial charge in [0.2, 0.25) is 5.91 Å². The molecule has 4 heterocycles. The quantitative estimate of drug-likeness (QED) is 0.422. The summed E-state index contributed by atoms with van der Waals surface area (Å²) in [6.07, 6.45) is -0.567. The molecule has 10 heteroatoms. The number of aromatic nitrogens is 3. The Morgan fingerprint density at radius 2 is 2.00 bits per heavy atom. The van der Waals surface area contributed by atoms with Crippen LogP contribution in [0.5, 0.6) is 0 Å². The van der Waals surface area contributed by atoms with E-state index in [1.807, 2.05) is 24.4 Å². The molecule has 0 bridgehead atoms. The number of fused-ring (bicyclic) bond motifs is 2. The maximum absolute atomic E-state index is 12.4. The van der Waals surface area contributed by atoms with Gasteiger partial charge in [-0.05, 0) is 34.2 Å². The Morgan fingerprint density at radius 3 is 2.81 bits per heavy atom. The highest BCUT2D eigenvalue weighted by Gasteiger charge is 2.28. The van der Waals surface area contributed by atoms with Gasteiger partial charge >= 0.3 is 6.18 Å². The molecule has 5 rings (SSSR count). The third-order valence-corrected chi connectivity index (χ3v) is 6.22. The van der Waals surface area contributed by atoms with E-state index in [9.17, 15) is 22.8 Å². The van der Waals surface area contributed by atoms with E-state index < -0.39 is 24.8 Å². The predicted octanol–water partition coefficient (Wildman–Crippen LogP) is 5.14. The number of amides is 1. The molecule has 0 radical (unpaired) electrons. The summed E-state index contributed by atoms with van der Waals surface area (Å²) in [5.41, 5.74) is 5.36. The van der Waals surface area contributed by atoms with Crippen molar-refractivity contribution in [2.24, 2.45) is 0 Å². The van der Waals surface area contributed by atoms with Crippen LogP contribution in [0.15, 0.2) is 48.2 Å². The minimum absolute atomic E-state index is 0.0329. The lowest BCUT2D eigenvalue weighted by Crippen LogP contribution is -2.10. The topological polar surface area (TPSA) is 76.4 Å². The van der Waals surface area contributed by atoms with E-state index in [0.29, 0.717) is 23.2 Å². The van der Waals surface area contributed by atoms with E-state index in [1.165, 1.54) is 0 Å². The second kappa shape index (κ2) is 7.56. The molecular formula is C22H15F3N4O2S. The van der Waals surface area contributed by atoms with Gasteiger partial charge in [-0.1, -0.05) is 12.1 Å². The van der Waals surface area contributed by atoms with Gasteiger partial charge in [0.15, 0.2) is 11.4 Å². The first kappa shape index (κ1) is 20.4. The number of thiophene rings is 1. The van der Waals surface area contributed by atoms with Gasteiger partial charge in [0, 0.05) is 35.6 Å². The Morgan fingerprint density at radius 1 is 1.16 bits per heavy atom. The van der Waals surface area contributed by atoms with Crippen LogP contribution < -0.4 is 5.32 Å². The summed E-state index contributed by atoms with van der Waals surface area (Å²) in [6.45, 7) is 0. The zero-order valence-electron chi connectivity index (χ0n) is 16.4. The monoisotopic (exact) mass is 456 g/mol. The maximum Gasteiger partial charge on any atom is 0.389 e. The Labute approximate surface area is 183 Å². The summed E-state index contributed by atoms with van der Waals surface area (Å²) >= 11 is 1.11. The number of rotatable bonds is 5. The molecule has 3 aromatic heterocycles. The van der Waals surface area contributed by atoms with Crippen LogP contribution in [0.3, 0.4) is 0 Å². The molecule has 0 atom stereocenters. The molecule has 0 spiro atoms. The average molecular weight is 456 g/mol. The SMILES string of the molecule is O=C1Cc2ccc(-c3cnc4c(-c5csc(C(=O)CCC(F)(F)F)c5)cnn4c3)cc2N1. The molecule has 0 saturated heterocycles. The van der Waals surface area contributed by atoms with Crippen molar-refractivity contribution in [3.63, 3.8) is 0 Å². The number of nitrogens with one attached hydrogen (secondary N) is 1. The largest absolute Gasteiger partial charge is 0.389 e. The second-order valence-corrected chi connectivity index (χ2v) is 8.42.